The van der Waals surface area contributed by atoms with Crippen LogP contribution >= 0.6 is 0 Å². The number of amides is 1. The first-order valence-corrected chi connectivity index (χ1v) is 10.4. The molecule has 176 valence electrons. The topological polar surface area (TPSA) is 187 Å². The van der Waals surface area contributed by atoms with Gasteiger partial charge in [0.25, 0.3) is 5.91 Å². The zero-order valence-corrected chi connectivity index (χ0v) is 18.8. The third-order valence-electron chi connectivity index (χ3n) is 7.53. The zero-order chi connectivity index (χ0) is 24.8. The summed E-state index contributed by atoms with van der Waals surface area (Å²) in [6, 6.07) is 1.94. The number of primary amides is 1. The summed E-state index contributed by atoms with van der Waals surface area (Å²) in [6.45, 7) is 3.20. The van der Waals surface area contributed by atoms with Gasteiger partial charge in [-0.1, -0.05) is 19.9 Å². The number of carbonyl (C=O) groups excluding carboxylic acids is 3. The monoisotopic (exact) mass is 457 g/mol. The van der Waals surface area contributed by atoms with Gasteiger partial charge in [-0.05, 0) is 38.6 Å². The first kappa shape index (κ1) is 22.8. The van der Waals surface area contributed by atoms with E-state index in [0.717, 1.165) is 0 Å². The van der Waals surface area contributed by atoms with Crippen LogP contribution in [0.4, 0.5) is 5.69 Å². The van der Waals surface area contributed by atoms with Gasteiger partial charge in [-0.3, -0.25) is 19.3 Å². The normalized spacial score (nSPS) is 33.7. The van der Waals surface area contributed by atoms with E-state index in [1.807, 2.05) is 0 Å². The van der Waals surface area contributed by atoms with Crippen LogP contribution in [0.15, 0.2) is 29.0 Å². The summed E-state index contributed by atoms with van der Waals surface area (Å²) in [5, 5.41) is 44.4. The molecule has 0 bridgehead atoms. The van der Waals surface area contributed by atoms with Crippen molar-refractivity contribution in [3.63, 3.8) is 0 Å². The molecule has 3 aliphatic rings. The van der Waals surface area contributed by atoms with Crippen molar-refractivity contribution in [3.05, 3.63) is 40.2 Å². The van der Waals surface area contributed by atoms with Crippen molar-refractivity contribution < 1.29 is 34.8 Å². The van der Waals surface area contributed by atoms with Crippen molar-refractivity contribution in [1.82, 2.24) is 4.90 Å². The highest BCUT2D eigenvalue weighted by molar-refractivity contribution is 6.25. The SMILES string of the molecule is CN(C)[C@@H]1C(=O)C(C(N)=O)=C(O)[C@@]2(O)C(=O)C3=C(O)c4c(ccc(N)c4O)C[C@@]3(C)C[C@@]12C. The molecule has 3 aliphatic carbocycles. The van der Waals surface area contributed by atoms with Gasteiger partial charge in [0.2, 0.25) is 5.78 Å². The fourth-order valence-corrected chi connectivity index (χ4v) is 6.33. The Bertz CT molecular complexity index is 1220. The zero-order valence-electron chi connectivity index (χ0n) is 18.8. The van der Waals surface area contributed by atoms with Crippen LogP contribution in [0, 0.1) is 10.8 Å². The van der Waals surface area contributed by atoms with E-state index in [0.29, 0.717) is 5.56 Å². The molecule has 0 heterocycles. The summed E-state index contributed by atoms with van der Waals surface area (Å²) in [5.41, 5.74) is 5.15. The minimum Gasteiger partial charge on any atom is -0.508 e. The number of hydrogen-bond donors (Lipinski definition) is 6. The predicted octanol–water partition coefficient (Wildman–Crippen LogP) is 0.326. The Labute approximate surface area is 189 Å². The van der Waals surface area contributed by atoms with E-state index in [2.05, 4.69) is 0 Å². The van der Waals surface area contributed by atoms with Gasteiger partial charge in [0.15, 0.2) is 11.4 Å². The van der Waals surface area contributed by atoms with E-state index in [1.54, 1.807) is 27.1 Å². The average Bonchev–Trinajstić information content (AvgIpc) is 2.67. The fourth-order valence-electron chi connectivity index (χ4n) is 6.33. The minimum atomic E-state index is -2.73. The number of anilines is 1. The maximum atomic E-state index is 13.9. The van der Waals surface area contributed by atoms with E-state index < -0.39 is 62.8 Å². The fraction of sp³-hybridized carbons (Fsp3) is 0.435. The molecule has 1 aromatic carbocycles. The molecule has 0 aromatic heterocycles. The van der Waals surface area contributed by atoms with E-state index in [1.165, 1.54) is 17.9 Å². The first-order chi connectivity index (χ1) is 15.1. The van der Waals surface area contributed by atoms with E-state index in [4.69, 9.17) is 11.5 Å². The lowest BCUT2D eigenvalue weighted by Gasteiger charge is -2.59. The molecular formula is C23H27N3O7. The third kappa shape index (κ3) is 2.53. The Morgan fingerprint density at radius 1 is 1.15 bits per heavy atom. The number of rotatable bonds is 2. The number of nitrogens with two attached hydrogens (primary N) is 2. The number of nitrogens with zero attached hydrogens (tertiary/aromatic N) is 1. The largest absolute Gasteiger partial charge is 0.508 e. The second-order valence-electron chi connectivity index (χ2n) is 9.95. The van der Waals surface area contributed by atoms with Crippen LogP contribution in [0.25, 0.3) is 5.76 Å². The maximum absolute atomic E-state index is 13.9. The van der Waals surface area contributed by atoms with Crippen LogP contribution in [0.5, 0.6) is 5.75 Å². The number of aliphatic hydroxyl groups excluding tert-OH is 2. The van der Waals surface area contributed by atoms with Crippen LogP contribution in [-0.4, -0.2) is 68.5 Å². The van der Waals surface area contributed by atoms with Gasteiger partial charge in [-0.2, -0.15) is 0 Å². The lowest BCUT2D eigenvalue weighted by Crippen LogP contribution is -2.72. The number of carbonyl (C=O) groups is 3. The maximum Gasteiger partial charge on any atom is 0.255 e. The number of phenolic OH excluding ortho intramolecular Hbond substituents is 1. The highest BCUT2D eigenvalue weighted by Crippen LogP contribution is 2.63. The number of likely N-dealkylation sites (N-methyl/N-ethyl adjacent to an activating group) is 1. The standard InChI is InChI=1S/C23H27N3O7/c1-21-7-9-5-6-10(24)14(27)11(9)15(28)13(21)19(31)23(33)18(30)12(20(25)32)16(29)17(26(3)4)22(23,2)8-21/h5-6,17,27-28,30,33H,7-8,24H2,1-4H3,(H2,25,32)/t17-,21+,22+,23-/m1/s1. The second-order valence-corrected chi connectivity index (χ2v) is 9.95. The molecule has 10 nitrogen and oxygen atoms in total. The number of hydrogen-bond acceptors (Lipinski definition) is 9. The summed E-state index contributed by atoms with van der Waals surface area (Å²) < 4.78 is 0. The second kappa shape index (κ2) is 6.58. The van der Waals surface area contributed by atoms with Crippen LogP contribution in [0.1, 0.15) is 31.4 Å². The Kier molecular flexibility index (Phi) is 4.55. The molecule has 1 saturated carbocycles. The molecule has 0 unspecified atom stereocenters. The number of phenols is 1. The molecule has 1 amide bonds. The number of fused-ring (bicyclic) bond motifs is 3. The van der Waals surface area contributed by atoms with Gasteiger partial charge >= 0.3 is 0 Å². The molecule has 0 aliphatic heterocycles. The van der Waals surface area contributed by atoms with E-state index >= 15 is 0 Å². The molecular weight excluding hydrogens is 430 g/mol. The Hall–Kier alpha value is -3.37. The number of aliphatic hydroxyl groups is 3. The summed E-state index contributed by atoms with van der Waals surface area (Å²) in [5.74, 6) is -5.26. The van der Waals surface area contributed by atoms with Crippen LogP contribution in [0.2, 0.25) is 0 Å². The summed E-state index contributed by atoms with van der Waals surface area (Å²) >= 11 is 0. The lowest BCUT2D eigenvalue weighted by atomic mass is 9.46. The van der Waals surface area contributed by atoms with Gasteiger partial charge in [0.1, 0.15) is 22.8 Å². The van der Waals surface area contributed by atoms with Crippen molar-refractivity contribution in [2.24, 2.45) is 16.6 Å². The first-order valence-electron chi connectivity index (χ1n) is 10.4. The predicted molar refractivity (Wildman–Crippen MR) is 118 cm³/mol. The smallest absolute Gasteiger partial charge is 0.255 e. The molecule has 1 fully saturated rings. The lowest BCUT2D eigenvalue weighted by molar-refractivity contribution is -0.175. The molecule has 4 rings (SSSR count). The molecule has 0 radical (unpaired) electrons. The van der Waals surface area contributed by atoms with Crippen molar-refractivity contribution >= 4 is 28.9 Å². The average molecular weight is 457 g/mol. The van der Waals surface area contributed by atoms with Gasteiger partial charge < -0.3 is 31.9 Å². The van der Waals surface area contributed by atoms with Gasteiger partial charge in [0.05, 0.1) is 17.3 Å². The number of nitrogen functional groups attached to an aromatic ring is 1. The third-order valence-corrected chi connectivity index (χ3v) is 7.53. The number of benzene rings is 1. The number of aromatic hydroxyl groups is 1. The molecule has 0 spiro atoms. The summed E-state index contributed by atoms with van der Waals surface area (Å²) in [7, 11) is 3.11. The highest BCUT2D eigenvalue weighted by Gasteiger charge is 2.72. The minimum absolute atomic E-state index is 0.00833. The highest BCUT2D eigenvalue weighted by atomic mass is 16.3. The van der Waals surface area contributed by atoms with Crippen LogP contribution in [-0.2, 0) is 20.8 Å². The van der Waals surface area contributed by atoms with Gasteiger partial charge in [-0.25, -0.2) is 0 Å². The van der Waals surface area contributed by atoms with Crippen molar-refractivity contribution in [2.75, 3.05) is 19.8 Å². The summed E-state index contributed by atoms with van der Waals surface area (Å²) in [6.07, 6.45) is 0.172. The Balaban J connectivity index is 2.09. The van der Waals surface area contributed by atoms with Crippen molar-refractivity contribution in [3.8, 4) is 5.75 Å². The molecule has 8 N–H and O–H groups in total. The summed E-state index contributed by atoms with van der Waals surface area (Å²) in [4.78, 5) is 40.7. The van der Waals surface area contributed by atoms with Crippen LogP contribution < -0.4 is 11.5 Å². The molecule has 4 atom stereocenters. The molecule has 1 aromatic rings. The molecule has 10 heteroatoms. The Morgan fingerprint density at radius 2 is 1.76 bits per heavy atom. The van der Waals surface area contributed by atoms with Gasteiger partial charge in [0, 0.05) is 16.4 Å². The van der Waals surface area contributed by atoms with Crippen molar-refractivity contribution in [2.45, 2.75) is 38.3 Å². The Morgan fingerprint density at radius 3 is 2.30 bits per heavy atom. The van der Waals surface area contributed by atoms with Gasteiger partial charge in [-0.15, -0.1) is 0 Å². The molecule has 0 saturated heterocycles. The molecule has 33 heavy (non-hydrogen) atoms. The quantitative estimate of drug-likeness (QED) is 0.206. The van der Waals surface area contributed by atoms with E-state index in [-0.39, 0.29) is 29.7 Å². The van der Waals surface area contributed by atoms with E-state index in [9.17, 15) is 34.8 Å². The van der Waals surface area contributed by atoms with Crippen molar-refractivity contribution in [1.29, 1.82) is 0 Å². The van der Waals surface area contributed by atoms with Crippen LogP contribution in [0.3, 0.4) is 0 Å². The number of ketones is 2. The number of Topliss-reactive ketones (excluding diaryl/α,β-unsaturated/α-hetero) is 2.